The van der Waals surface area contributed by atoms with Crippen molar-refractivity contribution in [3.05, 3.63) is 55.7 Å². The lowest BCUT2D eigenvalue weighted by Crippen LogP contribution is -2.49. The molecule has 0 bridgehead atoms. The lowest BCUT2D eigenvalue weighted by molar-refractivity contribution is -0.168. The molecule has 1 aromatic carbocycles. The number of hydrogen-bond donors (Lipinski definition) is 0. The fraction of sp³-hybridized carbons (Fsp3) is 0.500. The van der Waals surface area contributed by atoms with Crippen LogP contribution in [0.25, 0.3) is 0 Å². The Morgan fingerprint density at radius 3 is 2.64 bits per heavy atom. The molecule has 1 aliphatic rings. The van der Waals surface area contributed by atoms with Crippen LogP contribution in [0, 0.1) is 12.8 Å². The van der Waals surface area contributed by atoms with Gasteiger partial charge in [0.2, 0.25) is 0 Å². The molecule has 152 valence electrons. The monoisotopic (exact) mass is 482 g/mol. The number of carbonyl (C=O) groups excluding carboxylic acids is 1. The molecule has 1 fully saturated rings. The third-order valence-electron chi connectivity index (χ3n) is 5.51. The van der Waals surface area contributed by atoms with Gasteiger partial charge >= 0.3 is 5.97 Å². The summed E-state index contributed by atoms with van der Waals surface area (Å²) < 4.78 is 13.3. The normalized spacial score (nSPS) is 27.6. The van der Waals surface area contributed by atoms with E-state index in [9.17, 15) is 4.79 Å². The van der Waals surface area contributed by atoms with Gasteiger partial charge in [-0.3, -0.25) is 4.79 Å². The van der Waals surface area contributed by atoms with E-state index in [1.165, 1.54) is 22.9 Å². The number of thioether (sulfide) groups is 1. The van der Waals surface area contributed by atoms with Crippen molar-refractivity contribution in [2.75, 3.05) is 6.26 Å². The Balaban J connectivity index is 1.91. The molecule has 0 spiro atoms. The first-order valence-corrected chi connectivity index (χ1v) is 12.4. The van der Waals surface area contributed by atoms with E-state index in [-0.39, 0.29) is 35.4 Å². The molecule has 0 amide bonds. The second-order valence-electron chi connectivity index (χ2n) is 7.46. The van der Waals surface area contributed by atoms with E-state index >= 15 is 0 Å². The van der Waals surface area contributed by atoms with Gasteiger partial charge in [0.05, 0.1) is 21.2 Å². The number of ether oxygens (including phenoxy) is 2. The van der Waals surface area contributed by atoms with Crippen LogP contribution >= 0.6 is 39.0 Å². The maximum Gasteiger partial charge on any atom is 0.302 e. The predicted molar refractivity (Wildman–Crippen MR) is 121 cm³/mol. The standard InChI is InChI=1S/C22H27BrO3S2/c1-12-6-7-16(10-17(12)11-18-8-9-19(23)28-18)21-22(27-5)20(26-15(4)24)13(2)14(3)25-21/h6-10,13-14,20-22H,11H2,1-5H3/t13-,14-,20+,21?,22-/m1/s1. The van der Waals surface area contributed by atoms with Crippen molar-refractivity contribution < 1.29 is 14.3 Å². The summed E-state index contributed by atoms with van der Waals surface area (Å²) in [6, 6.07) is 10.9. The minimum absolute atomic E-state index is 0.0238. The largest absolute Gasteiger partial charge is 0.461 e. The van der Waals surface area contributed by atoms with E-state index in [1.807, 2.05) is 0 Å². The van der Waals surface area contributed by atoms with Crippen LogP contribution < -0.4 is 0 Å². The third kappa shape index (κ3) is 4.84. The van der Waals surface area contributed by atoms with E-state index < -0.39 is 0 Å². The molecule has 0 radical (unpaired) electrons. The quantitative estimate of drug-likeness (QED) is 0.477. The molecule has 28 heavy (non-hydrogen) atoms. The molecule has 0 aliphatic carbocycles. The lowest BCUT2D eigenvalue weighted by atomic mass is 9.87. The maximum atomic E-state index is 11.7. The zero-order chi connectivity index (χ0) is 20.4. The minimum Gasteiger partial charge on any atom is -0.461 e. The molecule has 2 aromatic rings. The summed E-state index contributed by atoms with van der Waals surface area (Å²) in [5, 5.41) is 0.0709. The molecule has 0 N–H and O–H groups in total. The van der Waals surface area contributed by atoms with Crippen LogP contribution in [-0.4, -0.2) is 29.7 Å². The van der Waals surface area contributed by atoms with Crippen molar-refractivity contribution in [2.45, 2.75) is 57.7 Å². The predicted octanol–water partition coefficient (Wildman–Crippen LogP) is 6.17. The molecule has 5 atom stereocenters. The zero-order valence-corrected chi connectivity index (χ0v) is 20.1. The molecule has 6 heteroatoms. The number of benzene rings is 1. The number of hydrogen-bond acceptors (Lipinski definition) is 5. The highest BCUT2D eigenvalue weighted by Gasteiger charge is 2.44. The number of carbonyl (C=O) groups is 1. The summed E-state index contributed by atoms with van der Waals surface area (Å²) in [7, 11) is 0. The Hall–Kier alpha value is -0.820. The Bertz CT molecular complexity index is 835. The Morgan fingerprint density at radius 1 is 1.29 bits per heavy atom. The molecule has 1 saturated heterocycles. The van der Waals surface area contributed by atoms with Gasteiger partial charge in [0.25, 0.3) is 0 Å². The molecular formula is C22H27BrO3S2. The smallest absolute Gasteiger partial charge is 0.302 e. The van der Waals surface area contributed by atoms with Crippen LogP contribution in [0.15, 0.2) is 34.1 Å². The topological polar surface area (TPSA) is 35.5 Å². The van der Waals surface area contributed by atoms with Gasteiger partial charge in [0.1, 0.15) is 6.10 Å². The molecular weight excluding hydrogens is 456 g/mol. The van der Waals surface area contributed by atoms with Crippen molar-refractivity contribution in [3.63, 3.8) is 0 Å². The third-order valence-corrected chi connectivity index (χ3v) is 8.19. The Morgan fingerprint density at radius 2 is 2.04 bits per heavy atom. The van der Waals surface area contributed by atoms with Crippen LogP contribution in [-0.2, 0) is 20.7 Å². The average Bonchev–Trinajstić information content (AvgIpc) is 3.05. The fourth-order valence-electron chi connectivity index (χ4n) is 3.76. The first kappa shape index (κ1) is 21.9. The van der Waals surface area contributed by atoms with Gasteiger partial charge in [-0.05, 0) is 64.9 Å². The second-order valence-corrected chi connectivity index (χ2v) is 11.0. The van der Waals surface area contributed by atoms with Crippen LogP contribution in [0.2, 0.25) is 0 Å². The molecule has 3 nitrogen and oxygen atoms in total. The van der Waals surface area contributed by atoms with E-state index in [2.05, 4.69) is 73.3 Å². The first-order valence-electron chi connectivity index (χ1n) is 9.49. The van der Waals surface area contributed by atoms with Gasteiger partial charge in [0.15, 0.2) is 0 Å². The Kier molecular flexibility index (Phi) is 7.29. The highest BCUT2D eigenvalue weighted by atomic mass is 79.9. The molecule has 2 heterocycles. The van der Waals surface area contributed by atoms with Gasteiger partial charge in [-0.25, -0.2) is 0 Å². The minimum atomic E-state index is -0.225. The van der Waals surface area contributed by atoms with Crippen LogP contribution in [0.3, 0.4) is 0 Å². The van der Waals surface area contributed by atoms with E-state index in [0.29, 0.717) is 0 Å². The van der Waals surface area contributed by atoms with Crippen molar-refractivity contribution in [2.24, 2.45) is 5.92 Å². The molecule has 3 rings (SSSR count). The lowest BCUT2D eigenvalue weighted by Gasteiger charge is -2.44. The van der Waals surface area contributed by atoms with Crippen molar-refractivity contribution >= 4 is 45.0 Å². The molecule has 1 aromatic heterocycles. The average molecular weight is 483 g/mol. The van der Waals surface area contributed by atoms with Gasteiger partial charge < -0.3 is 9.47 Å². The van der Waals surface area contributed by atoms with Crippen LogP contribution in [0.4, 0.5) is 0 Å². The van der Waals surface area contributed by atoms with Crippen LogP contribution in [0.5, 0.6) is 0 Å². The molecule has 1 unspecified atom stereocenters. The van der Waals surface area contributed by atoms with E-state index in [4.69, 9.17) is 9.47 Å². The summed E-state index contributed by atoms with van der Waals surface area (Å²) in [6.07, 6.45) is 2.75. The first-order chi connectivity index (χ1) is 13.3. The van der Waals surface area contributed by atoms with Gasteiger partial charge in [-0.2, -0.15) is 11.8 Å². The fourth-order valence-corrected chi connectivity index (χ4v) is 6.30. The summed E-state index contributed by atoms with van der Waals surface area (Å²) in [6.45, 7) is 7.82. The van der Waals surface area contributed by atoms with E-state index in [0.717, 1.165) is 15.8 Å². The van der Waals surface area contributed by atoms with E-state index in [1.54, 1.807) is 23.1 Å². The Labute approximate surface area is 184 Å². The van der Waals surface area contributed by atoms with Gasteiger partial charge in [-0.1, -0.05) is 25.1 Å². The van der Waals surface area contributed by atoms with Crippen molar-refractivity contribution in [1.82, 2.24) is 0 Å². The maximum absolute atomic E-state index is 11.7. The SMILES string of the molecule is CS[C@H]1C(c2ccc(C)c(Cc3ccc(Br)s3)c2)O[C@H](C)[C@@H](C)[C@@H]1OC(C)=O. The highest BCUT2D eigenvalue weighted by molar-refractivity contribution is 9.11. The number of aryl methyl sites for hydroxylation is 1. The molecule has 0 saturated carbocycles. The van der Waals surface area contributed by atoms with Crippen LogP contribution in [0.1, 0.15) is 48.4 Å². The summed E-state index contributed by atoms with van der Waals surface area (Å²) >= 11 is 7.04. The summed E-state index contributed by atoms with van der Waals surface area (Å²) in [5.41, 5.74) is 3.75. The summed E-state index contributed by atoms with van der Waals surface area (Å²) in [4.78, 5) is 13.0. The number of esters is 1. The molecule has 1 aliphatic heterocycles. The number of rotatable bonds is 5. The number of halogens is 1. The van der Waals surface area contributed by atoms with Gasteiger partial charge in [0, 0.05) is 24.1 Å². The number of thiophene rings is 1. The van der Waals surface area contributed by atoms with Crippen molar-refractivity contribution in [1.29, 1.82) is 0 Å². The summed E-state index contributed by atoms with van der Waals surface area (Å²) in [5.74, 6) is -0.0670. The zero-order valence-electron chi connectivity index (χ0n) is 16.9. The highest BCUT2D eigenvalue weighted by Crippen LogP contribution is 2.42. The van der Waals surface area contributed by atoms with Gasteiger partial charge in [-0.15, -0.1) is 11.3 Å². The second kappa shape index (κ2) is 9.33. The van der Waals surface area contributed by atoms with Crippen molar-refractivity contribution in [3.8, 4) is 0 Å².